The summed E-state index contributed by atoms with van der Waals surface area (Å²) in [4.78, 5) is 2.31. The van der Waals surface area contributed by atoms with E-state index in [9.17, 15) is 4.39 Å². The highest BCUT2D eigenvalue weighted by atomic mass is 19.1. The third kappa shape index (κ3) is 5.15. The van der Waals surface area contributed by atoms with Crippen LogP contribution in [0.15, 0.2) is 24.3 Å². The third-order valence-electron chi connectivity index (χ3n) is 3.49. The molecule has 0 saturated heterocycles. The standard InChI is InChI=1S/C15H25FN2/c1-12(2)14(10-17)11-18(3)9-8-13-4-6-15(16)7-5-13/h4-7,12,14H,8-11,17H2,1-3H3. The van der Waals surface area contributed by atoms with Gasteiger partial charge in [0.05, 0.1) is 0 Å². The van der Waals surface area contributed by atoms with Crippen LogP contribution >= 0.6 is 0 Å². The first-order valence-corrected chi connectivity index (χ1v) is 6.66. The molecule has 0 aliphatic heterocycles. The molecule has 0 amide bonds. The van der Waals surface area contributed by atoms with Gasteiger partial charge in [-0.25, -0.2) is 4.39 Å². The summed E-state index contributed by atoms with van der Waals surface area (Å²) in [5, 5.41) is 0. The van der Waals surface area contributed by atoms with Crippen molar-refractivity contribution >= 4 is 0 Å². The summed E-state index contributed by atoms with van der Waals surface area (Å²) >= 11 is 0. The lowest BCUT2D eigenvalue weighted by Crippen LogP contribution is -2.34. The van der Waals surface area contributed by atoms with Gasteiger partial charge in [-0.1, -0.05) is 26.0 Å². The highest BCUT2D eigenvalue weighted by molar-refractivity contribution is 5.16. The molecule has 1 unspecified atom stereocenters. The van der Waals surface area contributed by atoms with Crippen molar-refractivity contribution in [3.63, 3.8) is 0 Å². The van der Waals surface area contributed by atoms with E-state index in [-0.39, 0.29) is 5.82 Å². The van der Waals surface area contributed by atoms with Crippen LogP contribution in [0.25, 0.3) is 0 Å². The zero-order valence-electron chi connectivity index (χ0n) is 11.7. The lowest BCUT2D eigenvalue weighted by Gasteiger charge is -2.25. The van der Waals surface area contributed by atoms with Crippen LogP contribution in [0.4, 0.5) is 4.39 Å². The minimum Gasteiger partial charge on any atom is -0.330 e. The molecule has 0 aliphatic rings. The molecule has 0 fully saturated rings. The van der Waals surface area contributed by atoms with Crippen molar-refractivity contribution in [3.05, 3.63) is 35.6 Å². The Kier molecular flexibility index (Phi) is 6.30. The molecular formula is C15H25FN2. The second-order valence-corrected chi connectivity index (χ2v) is 5.38. The molecule has 1 atom stereocenters. The molecule has 0 spiro atoms. The molecule has 0 radical (unpaired) electrons. The van der Waals surface area contributed by atoms with Gasteiger partial charge in [0.15, 0.2) is 0 Å². The maximum Gasteiger partial charge on any atom is 0.123 e. The molecule has 0 aromatic heterocycles. The fourth-order valence-corrected chi connectivity index (χ4v) is 2.02. The van der Waals surface area contributed by atoms with E-state index in [1.165, 1.54) is 17.7 Å². The minimum atomic E-state index is -0.171. The summed E-state index contributed by atoms with van der Waals surface area (Å²) in [6.07, 6.45) is 0.951. The molecule has 0 heterocycles. The third-order valence-corrected chi connectivity index (χ3v) is 3.49. The highest BCUT2D eigenvalue weighted by Gasteiger charge is 2.13. The summed E-state index contributed by atoms with van der Waals surface area (Å²) in [5.74, 6) is 0.988. The van der Waals surface area contributed by atoms with Gasteiger partial charge in [0.2, 0.25) is 0 Å². The van der Waals surface area contributed by atoms with Crippen LogP contribution in [0.2, 0.25) is 0 Å². The fraction of sp³-hybridized carbons (Fsp3) is 0.600. The second-order valence-electron chi connectivity index (χ2n) is 5.38. The van der Waals surface area contributed by atoms with Crippen molar-refractivity contribution in [1.29, 1.82) is 0 Å². The van der Waals surface area contributed by atoms with Gasteiger partial charge in [-0.05, 0) is 49.5 Å². The fourth-order valence-electron chi connectivity index (χ4n) is 2.02. The van der Waals surface area contributed by atoms with E-state index in [2.05, 4.69) is 25.8 Å². The van der Waals surface area contributed by atoms with E-state index < -0.39 is 0 Å². The Morgan fingerprint density at radius 1 is 1.22 bits per heavy atom. The molecule has 0 saturated carbocycles. The van der Waals surface area contributed by atoms with Crippen LogP contribution in [0.1, 0.15) is 19.4 Å². The summed E-state index contributed by atoms with van der Waals surface area (Å²) in [7, 11) is 2.12. The van der Waals surface area contributed by atoms with Gasteiger partial charge in [-0.2, -0.15) is 0 Å². The number of nitrogens with two attached hydrogens (primary N) is 1. The maximum absolute atomic E-state index is 12.8. The summed E-state index contributed by atoms with van der Waals surface area (Å²) in [6, 6.07) is 6.75. The van der Waals surface area contributed by atoms with Crippen molar-refractivity contribution in [3.8, 4) is 0 Å². The monoisotopic (exact) mass is 252 g/mol. The van der Waals surface area contributed by atoms with Crippen LogP contribution < -0.4 is 5.73 Å². The normalized spacial score (nSPS) is 13.3. The Morgan fingerprint density at radius 3 is 2.33 bits per heavy atom. The van der Waals surface area contributed by atoms with E-state index in [1.54, 1.807) is 0 Å². The molecule has 2 nitrogen and oxygen atoms in total. The van der Waals surface area contributed by atoms with Gasteiger partial charge in [0.25, 0.3) is 0 Å². The average Bonchev–Trinajstić information content (AvgIpc) is 2.35. The van der Waals surface area contributed by atoms with Gasteiger partial charge in [0, 0.05) is 13.1 Å². The Hall–Kier alpha value is -0.930. The predicted octanol–water partition coefficient (Wildman–Crippen LogP) is 2.53. The topological polar surface area (TPSA) is 29.3 Å². The molecule has 3 heteroatoms. The number of halogens is 1. The van der Waals surface area contributed by atoms with Crippen LogP contribution in [0.3, 0.4) is 0 Å². The first-order valence-electron chi connectivity index (χ1n) is 6.66. The Morgan fingerprint density at radius 2 is 1.83 bits per heavy atom. The lowest BCUT2D eigenvalue weighted by molar-refractivity contribution is 0.242. The lowest BCUT2D eigenvalue weighted by atomic mass is 9.95. The Balaban J connectivity index is 2.36. The summed E-state index contributed by atoms with van der Waals surface area (Å²) in [6.45, 7) is 7.17. The number of nitrogens with zero attached hydrogens (tertiary/aromatic N) is 1. The maximum atomic E-state index is 12.8. The van der Waals surface area contributed by atoms with Crippen LogP contribution in [0.5, 0.6) is 0 Å². The first-order chi connectivity index (χ1) is 8.52. The number of hydrogen-bond donors (Lipinski definition) is 1. The van der Waals surface area contributed by atoms with E-state index in [4.69, 9.17) is 5.73 Å². The van der Waals surface area contributed by atoms with Gasteiger partial charge >= 0.3 is 0 Å². The Bertz CT molecular complexity index is 335. The quantitative estimate of drug-likeness (QED) is 0.808. The molecule has 2 N–H and O–H groups in total. The van der Waals surface area contributed by atoms with E-state index in [0.29, 0.717) is 11.8 Å². The van der Waals surface area contributed by atoms with Crippen LogP contribution in [-0.4, -0.2) is 31.6 Å². The number of benzene rings is 1. The molecule has 1 aromatic rings. The number of hydrogen-bond acceptors (Lipinski definition) is 2. The van der Waals surface area contributed by atoms with Gasteiger partial charge in [-0.15, -0.1) is 0 Å². The number of likely N-dealkylation sites (N-methyl/N-ethyl adjacent to an activating group) is 1. The average molecular weight is 252 g/mol. The molecule has 18 heavy (non-hydrogen) atoms. The molecule has 1 aromatic carbocycles. The van der Waals surface area contributed by atoms with Gasteiger partial charge < -0.3 is 10.6 Å². The predicted molar refractivity (Wildman–Crippen MR) is 75.0 cm³/mol. The summed E-state index contributed by atoms with van der Waals surface area (Å²) < 4.78 is 12.8. The van der Waals surface area contributed by atoms with Crippen molar-refractivity contribution in [2.45, 2.75) is 20.3 Å². The largest absolute Gasteiger partial charge is 0.330 e. The van der Waals surface area contributed by atoms with Gasteiger partial charge in [-0.3, -0.25) is 0 Å². The molecule has 1 rings (SSSR count). The van der Waals surface area contributed by atoms with E-state index in [1.807, 2.05) is 12.1 Å². The smallest absolute Gasteiger partial charge is 0.123 e. The second kappa shape index (κ2) is 7.49. The summed E-state index contributed by atoms with van der Waals surface area (Å²) in [5.41, 5.74) is 6.96. The van der Waals surface area contributed by atoms with Crippen LogP contribution in [0, 0.1) is 17.7 Å². The SMILES string of the molecule is CC(C)C(CN)CN(C)CCc1ccc(F)cc1. The zero-order valence-corrected chi connectivity index (χ0v) is 11.7. The number of rotatable bonds is 7. The minimum absolute atomic E-state index is 0.171. The first kappa shape index (κ1) is 15.1. The molecular weight excluding hydrogens is 227 g/mol. The van der Waals surface area contributed by atoms with Crippen LogP contribution in [-0.2, 0) is 6.42 Å². The van der Waals surface area contributed by atoms with Gasteiger partial charge in [0.1, 0.15) is 5.82 Å². The van der Waals surface area contributed by atoms with Crippen molar-refractivity contribution in [2.75, 3.05) is 26.7 Å². The Labute approximate surface area is 110 Å². The zero-order chi connectivity index (χ0) is 13.5. The molecule has 0 bridgehead atoms. The van der Waals surface area contributed by atoms with E-state index >= 15 is 0 Å². The molecule has 0 aliphatic carbocycles. The van der Waals surface area contributed by atoms with Crippen molar-refractivity contribution < 1.29 is 4.39 Å². The van der Waals surface area contributed by atoms with Crippen molar-refractivity contribution in [2.24, 2.45) is 17.6 Å². The van der Waals surface area contributed by atoms with E-state index in [0.717, 1.165) is 26.1 Å². The molecule has 102 valence electrons. The highest BCUT2D eigenvalue weighted by Crippen LogP contribution is 2.11. The van der Waals surface area contributed by atoms with Crippen molar-refractivity contribution in [1.82, 2.24) is 4.90 Å².